The van der Waals surface area contributed by atoms with E-state index in [-0.39, 0.29) is 24.4 Å². The third-order valence-corrected chi connectivity index (χ3v) is 3.35. The first-order chi connectivity index (χ1) is 10.7. The molecule has 0 aliphatic rings. The number of halogens is 1. The maximum atomic E-state index is 12.0. The van der Waals surface area contributed by atoms with Gasteiger partial charge < -0.3 is 15.8 Å². The Kier molecular flexibility index (Phi) is 8.16. The fourth-order valence-electron chi connectivity index (χ4n) is 2.16. The Bertz CT molecular complexity index is 588. The third kappa shape index (κ3) is 6.30. The molecule has 1 atom stereocenters. The summed E-state index contributed by atoms with van der Waals surface area (Å²) in [4.78, 5) is 12.0. The van der Waals surface area contributed by atoms with Crippen LogP contribution in [0, 0.1) is 0 Å². The van der Waals surface area contributed by atoms with Gasteiger partial charge in [0.1, 0.15) is 5.75 Å². The minimum absolute atomic E-state index is 0. The second-order valence-corrected chi connectivity index (χ2v) is 5.07. The van der Waals surface area contributed by atoms with Crippen LogP contribution in [-0.2, 0) is 11.2 Å². The van der Waals surface area contributed by atoms with E-state index in [2.05, 4.69) is 5.32 Å². The minimum Gasteiger partial charge on any atom is -0.494 e. The molecule has 0 radical (unpaired) electrons. The highest BCUT2D eigenvalue weighted by Gasteiger charge is 2.08. The average Bonchev–Trinajstić information content (AvgIpc) is 2.55. The van der Waals surface area contributed by atoms with E-state index in [1.807, 2.05) is 61.5 Å². The summed E-state index contributed by atoms with van der Waals surface area (Å²) in [7, 11) is 0. The molecule has 2 rings (SSSR count). The number of ether oxygens (including phenoxy) is 1. The van der Waals surface area contributed by atoms with Crippen LogP contribution in [0.15, 0.2) is 54.6 Å². The van der Waals surface area contributed by atoms with E-state index in [9.17, 15) is 4.79 Å². The molecule has 0 saturated carbocycles. The molecular weight excluding hydrogens is 312 g/mol. The molecule has 124 valence electrons. The Balaban J connectivity index is 0.00000264. The standard InChI is InChI=1S/C18H22N2O2.ClH/c1-2-22-16-10-8-14(9-11-16)12-18(21)20-13-17(19)15-6-4-3-5-7-15;/h3-11,17H,2,12-13,19H2,1H3,(H,20,21);1H. The Morgan fingerprint density at radius 1 is 1.13 bits per heavy atom. The molecule has 3 N–H and O–H groups in total. The van der Waals surface area contributed by atoms with Gasteiger partial charge in [0.15, 0.2) is 0 Å². The Morgan fingerprint density at radius 2 is 1.78 bits per heavy atom. The summed E-state index contributed by atoms with van der Waals surface area (Å²) in [5, 5.41) is 2.87. The molecule has 0 aromatic heterocycles. The number of nitrogens with one attached hydrogen (secondary N) is 1. The van der Waals surface area contributed by atoms with Gasteiger partial charge in [-0.15, -0.1) is 12.4 Å². The number of rotatable bonds is 7. The highest BCUT2D eigenvalue weighted by Crippen LogP contribution is 2.12. The number of hydrogen-bond donors (Lipinski definition) is 2. The maximum Gasteiger partial charge on any atom is 0.224 e. The highest BCUT2D eigenvalue weighted by molar-refractivity contribution is 5.85. The van der Waals surface area contributed by atoms with Crippen molar-refractivity contribution in [3.8, 4) is 5.75 Å². The van der Waals surface area contributed by atoms with Crippen molar-refractivity contribution in [2.75, 3.05) is 13.2 Å². The summed E-state index contributed by atoms with van der Waals surface area (Å²) in [5.41, 5.74) is 8.03. The zero-order valence-electron chi connectivity index (χ0n) is 13.2. The normalized spacial score (nSPS) is 11.2. The monoisotopic (exact) mass is 334 g/mol. The van der Waals surface area contributed by atoms with Crippen LogP contribution in [0.3, 0.4) is 0 Å². The van der Waals surface area contributed by atoms with E-state index < -0.39 is 0 Å². The molecule has 0 spiro atoms. The molecular formula is C18H23ClN2O2. The molecule has 0 heterocycles. The minimum atomic E-state index is -0.189. The first-order valence-electron chi connectivity index (χ1n) is 7.48. The van der Waals surface area contributed by atoms with Gasteiger partial charge in [0.2, 0.25) is 5.91 Å². The summed E-state index contributed by atoms with van der Waals surface area (Å²) < 4.78 is 5.38. The number of carbonyl (C=O) groups excluding carboxylic acids is 1. The van der Waals surface area contributed by atoms with E-state index in [1.54, 1.807) is 0 Å². The topological polar surface area (TPSA) is 64.3 Å². The Hall–Kier alpha value is -2.04. The molecule has 0 bridgehead atoms. The van der Waals surface area contributed by atoms with Crippen LogP contribution in [0.5, 0.6) is 5.75 Å². The van der Waals surface area contributed by atoms with Gasteiger partial charge in [-0.3, -0.25) is 4.79 Å². The highest BCUT2D eigenvalue weighted by atomic mass is 35.5. The van der Waals surface area contributed by atoms with E-state index >= 15 is 0 Å². The van der Waals surface area contributed by atoms with Crippen LogP contribution in [0.2, 0.25) is 0 Å². The van der Waals surface area contributed by atoms with Gasteiger partial charge in [-0.2, -0.15) is 0 Å². The van der Waals surface area contributed by atoms with E-state index in [1.165, 1.54) is 0 Å². The van der Waals surface area contributed by atoms with Crippen LogP contribution in [0.4, 0.5) is 0 Å². The van der Waals surface area contributed by atoms with Crippen LogP contribution < -0.4 is 15.8 Å². The summed E-state index contributed by atoms with van der Waals surface area (Å²) in [5.74, 6) is 0.785. The molecule has 23 heavy (non-hydrogen) atoms. The third-order valence-electron chi connectivity index (χ3n) is 3.35. The van der Waals surface area contributed by atoms with Crippen molar-refractivity contribution in [2.45, 2.75) is 19.4 Å². The first-order valence-corrected chi connectivity index (χ1v) is 7.48. The fraction of sp³-hybridized carbons (Fsp3) is 0.278. The first kappa shape index (κ1) is 19.0. The molecule has 0 aliphatic heterocycles. The molecule has 0 saturated heterocycles. The van der Waals surface area contributed by atoms with Gasteiger partial charge in [-0.05, 0) is 30.2 Å². The van der Waals surface area contributed by atoms with Crippen molar-refractivity contribution < 1.29 is 9.53 Å². The molecule has 4 nitrogen and oxygen atoms in total. The van der Waals surface area contributed by atoms with E-state index in [4.69, 9.17) is 10.5 Å². The van der Waals surface area contributed by atoms with Crippen molar-refractivity contribution in [2.24, 2.45) is 5.73 Å². The van der Waals surface area contributed by atoms with Gasteiger partial charge in [-0.1, -0.05) is 42.5 Å². The van der Waals surface area contributed by atoms with Gasteiger partial charge in [0, 0.05) is 12.6 Å². The van der Waals surface area contributed by atoms with Crippen LogP contribution in [0.25, 0.3) is 0 Å². The van der Waals surface area contributed by atoms with Crippen LogP contribution in [-0.4, -0.2) is 19.1 Å². The quantitative estimate of drug-likeness (QED) is 0.818. The zero-order chi connectivity index (χ0) is 15.8. The molecule has 2 aromatic carbocycles. The predicted octanol–water partition coefficient (Wildman–Crippen LogP) is 2.87. The molecule has 1 unspecified atom stereocenters. The summed E-state index contributed by atoms with van der Waals surface area (Å²) >= 11 is 0. The second kappa shape index (κ2) is 9.87. The summed E-state index contributed by atoms with van der Waals surface area (Å²) in [6, 6.07) is 17.1. The van der Waals surface area contributed by atoms with Crippen molar-refractivity contribution in [1.82, 2.24) is 5.32 Å². The average molecular weight is 335 g/mol. The summed E-state index contributed by atoms with van der Waals surface area (Å²) in [6.07, 6.45) is 0.341. The molecule has 5 heteroatoms. The Morgan fingerprint density at radius 3 is 2.39 bits per heavy atom. The number of benzene rings is 2. The largest absolute Gasteiger partial charge is 0.494 e. The van der Waals surface area contributed by atoms with Crippen molar-refractivity contribution in [1.29, 1.82) is 0 Å². The molecule has 1 amide bonds. The lowest BCUT2D eigenvalue weighted by Gasteiger charge is -2.13. The van der Waals surface area contributed by atoms with Crippen molar-refractivity contribution >= 4 is 18.3 Å². The fourth-order valence-corrected chi connectivity index (χ4v) is 2.16. The molecule has 0 aliphatic carbocycles. The van der Waals surface area contributed by atoms with E-state index in [0.29, 0.717) is 19.6 Å². The predicted molar refractivity (Wildman–Crippen MR) is 94.9 cm³/mol. The zero-order valence-corrected chi connectivity index (χ0v) is 14.0. The lowest BCUT2D eigenvalue weighted by Crippen LogP contribution is -2.32. The van der Waals surface area contributed by atoms with Gasteiger partial charge >= 0.3 is 0 Å². The number of amides is 1. The molecule has 2 aromatic rings. The second-order valence-electron chi connectivity index (χ2n) is 5.07. The van der Waals surface area contributed by atoms with Crippen molar-refractivity contribution in [3.63, 3.8) is 0 Å². The smallest absolute Gasteiger partial charge is 0.224 e. The Labute approximate surface area is 143 Å². The maximum absolute atomic E-state index is 12.0. The number of hydrogen-bond acceptors (Lipinski definition) is 3. The lowest BCUT2D eigenvalue weighted by molar-refractivity contribution is -0.120. The number of carbonyl (C=O) groups is 1. The SMILES string of the molecule is CCOc1ccc(CC(=O)NCC(N)c2ccccc2)cc1.Cl. The van der Waals surface area contributed by atoms with Crippen LogP contribution >= 0.6 is 12.4 Å². The summed E-state index contributed by atoms with van der Waals surface area (Å²) in [6.45, 7) is 3.01. The number of nitrogens with two attached hydrogens (primary N) is 1. The van der Waals surface area contributed by atoms with Gasteiger partial charge in [0.25, 0.3) is 0 Å². The van der Waals surface area contributed by atoms with Crippen LogP contribution in [0.1, 0.15) is 24.1 Å². The van der Waals surface area contributed by atoms with E-state index in [0.717, 1.165) is 16.9 Å². The van der Waals surface area contributed by atoms with Gasteiger partial charge in [0.05, 0.1) is 13.0 Å². The lowest BCUT2D eigenvalue weighted by atomic mass is 10.1. The van der Waals surface area contributed by atoms with Gasteiger partial charge in [-0.25, -0.2) is 0 Å². The van der Waals surface area contributed by atoms with Crippen molar-refractivity contribution in [3.05, 3.63) is 65.7 Å². The molecule has 0 fully saturated rings.